The number of para-hydroxylation sites is 1. The maximum absolute atomic E-state index is 13.1. The lowest BCUT2D eigenvalue weighted by Crippen LogP contribution is -2.54. The fourth-order valence-corrected chi connectivity index (χ4v) is 3.95. The number of carbonyl (C=O) groups is 2. The molecule has 0 spiro atoms. The van der Waals surface area contributed by atoms with Crippen LogP contribution in [0.5, 0.6) is 5.75 Å². The number of aromatic nitrogens is 5. The predicted octanol–water partition coefficient (Wildman–Crippen LogP) is 1.78. The van der Waals surface area contributed by atoms with E-state index in [2.05, 4.69) is 30.9 Å². The number of benzene rings is 1. The summed E-state index contributed by atoms with van der Waals surface area (Å²) in [6.45, 7) is -1.81. The van der Waals surface area contributed by atoms with Crippen molar-refractivity contribution >= 4 is 29.1 Å². The van der Waals surface area contributed by atoms with Crippen LogP contribution in [0.3, 0.4) is 0 Å². The molecule has 1 saturated heterocycles. The number of methoxy groups -OCH3 is 1. The maximum Gasteiger partial charge on any atom is 0.323 e. The van der Waals surface area contributed by atoms with Crippen LogP contribution in [0, 0.1) is 0 Å². The lowest BCUT2D eigenvalue weighted by molar-refractivity contribution is -0.0497. The molecular formula is C23H27N9O4. The van der Waals surface area contributed by atoms with Gasteiger partial charge in [0.2, 0.25) is 0 Å². The minimum absolute atomic E-state index is 0.0143. The highest BCUT2D eigenvalue weighted by Gasteiger charge is 2.40. The van der Waals surface area contributed by atoms with Crippen molar-refractivity contribution in [1.29, 1.82) is 0 Å². The fourth-order valence-electron chi connectivity index (χ4n) is 3.95. The van der Waals surface area contributed by atoms with Gasteiger partial charge in [-0.05, 0) is 25.0 Å². The molecule has 5 rings (SSSR count). The summed E-state index contributed by atoms with van der Waals surface area (Å²) in [7, 11) is 3.21. The van der Waals surface area contributed by atoms with Gasteiger partial charge in [-0.1, -0.05) is 6.07 Å². The van der Waals surface area contributed by atoms with E-state index in [0.717, 1.165) is 12.8 Å². The Morgan fingerprint density at radius 1 is 1.22 bits per heavy atom. The zero-order chi connectivity index (χ0) is 27.7. The van der Waals surface area contributed by atoms with Crippen LogP contribution in [-0.2, 0) is 11.8 Å². The number of nitrogens with zero attached hydrogens (tertiary/aromatic N) is 6. The van der Waals surface area contributed by atoms with Crippen molar-refractivity contribution in [2.45, 2.75) is 24.9 Å². The Kier molecular flexibility index (Phi) is 5.43. The molecule has 3 aromatic rings. The third kappa shape index (κ3) is 4.64. The first-order chi connectivity index (χ1) is 18.6. The van der Waals surface area contributed by atoms with Crippen LogP contribution in [0.2, 0.25) is 0 Å². The molecule has 2 fully saturated rings. The molecule has 1 aromatic carbocycles. The SMILES string of the molecule is [2H]C([2H])([2H])NC(=O)c1nnc(NC(=O)N(C2CC2)C2COC2)cc1Nc1cccc(-c2ncn(C)n2)c1OC. The average molecular weight is 497 g/mol. The molecule has 13 nitrogen and oxygen atoms in total. The maximum atomic E-state index is 13.1. The Labute approximate surface area is 211 Å². The van der Waals surface area contributed by atoms with Crippen molar-refractivity contribution in [2.24, 2.45) is 7.05 Å². The fraction of sp³-hybridized carbons (Fsp3) is 0.391. The molecule has 3 N–H and O–H groups in total. The number of hydrogen-bond donors (Lipinski definition) is 3. The second kappa shape index (κ2) is 9.77. The summed E-state index contributed by atoms with van der Waals surface area (Å²) in [5.74, 6) is -0.117. The normalized spacial score (nSPS) is 16.7. The summed E-state index contributed by atoms with van der Waals surface area (Å²) >= 11 is 0. The topological polar surface area (TPSA) is 148 Å². The van der Waals surface area contributed by atoms with Gasteiger partial charge in [0.25, 0.3) is 5.91 Å². The molecule has 3 amide bonds. The van der Waals surface area contributed by atoms with E-state index < -0.39 is 12.9 Å². The Hall–Kier alpha value is -4.26. The molecule has 0 unspecified atom stereocenters. The van der Waals surface area contributed by atoms with Crippen LogP contribution in [0.4, 0.5) is 22.0 Å². The van der Waals surface area contributed by atoms with Crippen LogP contribution < -0.4 is 20.7 Å². The van der Waals surface area contributed by atoms with Crippen molar-refractivity contribution < 1.29 is 23.2 Å². The van der Waals surface area contributed by atoms with E-state index >= 15 is 0 Å². The van der Waals surface area contributed by atoms with Gasteiger partial charge in [0.1, 0.15) is 6.33 Å². The Morgan fingerprint density at radius 2 is 2.06 bits per heavy atom. The summed E-state index contributed by atoms with van der Waals surface area (Å²) in [6.07, 6.45) is 3.38. The first kappa shape index (κ1) is 20.0. The summed E-state index contributed by atoms with van der Waals surface area (Å²) < 4.78 is 34.7. The highest BCUT2D eigenvalue weighted by Crippen LogP contribution is 2.37. The van der Waals surface area contributed by atoms with E-state index in [1.54, 1.807) is 41.2 Å². The van der Waals surface area contributed by atoms with Gasteiger partial charge in [-0.3, -0.25) is 14.8 Å². The lowest BCUT2D eigenvalue weighted by Gasteiger charge is -2.37. The van der Waals surface area contributed by atoms with E-state index in [9.17, 15) is 9.59 Å². The highest BCUT2D eigenvalue weighted by atomic mass is 16.5. The predicted molar refractivity (Wildman–Crippen MR) is 130 cm³/mol. The number of carbonyl (C=O) groups excluding carboxylic acids is 2. The van der Waals surface area contributed by atoms with Crippen molar-refractivity contribution in [1.82, 2.24) is 35.2 Å². The molecule has 0 radical (unpaired) electrons. The number of hydrogen-bond acceptors (Lipinski definition) is 9. The van der Waals surface area contributed by atoms with Crippen molar-refractivity contribution in [3.05, 3.63) is 36.3 Å². The number of ether oxygens (including phenoxy) is 2. The van der Waals surface area contributed by atoms with Crippen LogP contribution in [0.1, 0.15) is 27.4 Å². The van der Waals surface area contributed by atoms with Crippen LogP contribution in [0.25, 0.3) is 11.4 Å². The minimum atomic E-state index is -2.75. The largest absolute Gasteiger partial charge is 0.494 e. The molecule has 36 heavy (non-hydrogen) atoms. The summed E-state index contributed by atoms with van der Waals surface area (Å²) in [6, 6.07) is 6.39. The van der Waals surface area contributed by atoms with Gasteiger partial charge < -0.3 is 25.0 Å². The average Bonchev–Trinajstić information content (AvgIpc) is 3.59. The zero-order valence-electron chi connectivity index (χ0n) is 22.7. The van der Waals surface area contributed by atoms with Crippen molar-refractivity contribution in [2.75, 3.05) is 37.9 Å². The van der Waals surface area contributed by atoms with Crippen LogP contribution in [0.15, 0.2) is 30.6 Å². The van der Waals surface area contributed by atoms with Crippen LogP contribution >= 0.6 is 0 Å². The summed E-state index contributed by atoms with van der Waals surface area (Å²) in [4.78, 5) is 31.9. The molecule has 1 aliphatic heterocycles. The van der Waals surface area contributed by atoms with E-state index in [1.807, 2.05) is 5.32 Å². The van der Waals surface area contributed by atoms with Gasteiger partial charge in [-0.2, -0.15) is 5.10 Å². The van der Waals surface area contributed by atoms with Gasteiger partial charge in [0.15, 0.2) is 23.1 Å². The molecule has 13 heteroatoms. The van der Waals surface area contributed by atoms with Crippen molar-refractivity contribution in [3.63, 3.8) is 0 Å². The molecule has 0 atom stereocenters. The van der Waals surface area contributed by atoms with E-state index in [0.29, 0.717) is 36.0 Å². The minimum Gasteiger partial charge on any atom is -0.494 e. The molecule has 1 saturated carbocycles. The van der Waals surface area contributed by atoms with E-state index in [1.165, 1.54) is 13.2 Å². The molecule has 2 aliphatic rings. The van der Waals surface area contributed by atoms with Gasteiger partial charge in [-0.25, -0.2) is 9.78 Å². The Bertz CT molecular complexity index is 1390. The quantitative estimate of drug-likeness (QED) is 0.424. The number of nitrogens with one attached hydrogen (secondary N) is 3. The van der Waals surface area contributed by atoms with E-state index in [-0.39, 0.29) is 35.3 Å². The molecule has 1 aliphatic carbocycles. The number of urea groups is 1. The van der Waals surface area contributed by atoms with Crippen LogP contribution in [-0.4, -0.2) is 81.2 Å². The molecule has 2 aromatic heterocycles. The molecule has 0 bridgehead atoms. The number of aryl methyl sites for hydroxylation is 1. The smallest absolute Gasteiger partial charge is 0.323 e. The second-order valence-electron chi connectivity index (χ2n) is 8.46. The summed E-state index contributed by atoms with van der Waals surface area (Å²) in [5, 5.41) is 20.0. The van der Waals surface area contributed by atoms with Gasteiger partial charge in [0.05, 0.1) is 43.3 Å². The van der Waals surface area contributed by atoms with E-state index in [4.69, 9.17) is 13.6 Å². The third-order valence-electron chi connectivity index (χ3n) is 5.88. The standard InChI is InChI=1S/C23H27N9O4/c1-24-22(33)19-17(26-16-6-4-5-15(20(16)35-3)21-25-12-31(2)30-21)9-18(28-29-19)27-23(34)32(13-7-8-13)14-10-36-11-14/h4-6,9,12-14H,7-8,10-11H2,1-3H3,(H,24,33)(H2,26,27,28,34)/i1D3. The highest BCUT2D eigenvalue weighted by molar-refractivity contribution is 5.99. The molecular weight excluding hydrogens is 466 g/mol. The van der Waals surface area contributed by atoms with Gasteiger partial charge in [-0.15, -0.1) is 10.2 Å². The lowest BCUT2D eigenvalue weighted by atomic mass is 10.1. The number of anilines is 3. The summed E-state index contributed by atoms with van der Waals surface area (Å²) in [5.41, 5.74) is 0.798. The van der Waals surface area contributed by atoms with Gasteiger partial charge >= 0.3 is 6.03 Å². The third-order valence-corrected chi connectivity index (χ3v) is 5.88. The molecule has 3 heterocycles. The number of rotatable bonds is 8. The van der Waals surface area contributed by atoms with Crippen molar-refractivity contribution in [3.8, 4) is 17.1 Å². The monoisotopic (exact) mass is 496 g/mol. The Morgan fingerprint density at radius 3 is 2.69 bits per heavy atom. The van der Waals surface area contributed by atoms with Gasteiger partial charge in [0, 0.05) is 30.2 Å². The Balaban J connectivity index is 1.48. The second-order valence-corrected chi connectivity index (χ2v) is 8.46. The number of amides is 3. The first-order valence-corrected chi connectivity index (χ1v) is 11.3. The molecule has 188 valence electrons. The zero-order valence-corrected chi connectivity index (χ0v) is 19.7. The first-order valence-electron chi connectivity index (χ1n) is 12.8.